The smallest absolute Gasteiger partial charge is 0.410 e. The predicted molar refractivity (Wildman–Crippen MR) is 476 cm³/mol. The van der Waals surface area contributed by atoms with Crippen molar-refractivity contribution in [2.75, 3.05) is 64.8 Å². The molecule has 0 saturated carbocycles. The number of rotatable bonds is 47. The Morgan fingerprint density at radius 1 is 0.640 bits per heavy atom. The number of carbonyl (C=O) groups excluding carboxylic acids is 11. The minimum absolute atomic E-state index is 0.00901. The van der Waals surface area contributed by atoms with Gasteiger partial charge in [0.25, 0.3) is 5.91 Å². The Labute approximate surface area is 737 Å². The molecule has 0 spiro atoms. The molecule has 11 amide bonds. The maximum absolute atomic E-state index is 14.9. The van der Waals surface area contributed by atoms with Crippen LogP contribution < -0.4 is 43.0 Å². The topological polar surface area (TPSA) is 433 Å². The first kappa shape index (κ1) is 104. The van der Waals surface area contributed by atoms with Crippen LogP contribution in [0.2, 0.25) is 0 Å². The Hall–Kier alpha value is -10.2. The molecule has 1 aliphatic heterocycles. The van der Waals surface area contributed by atoms with Gasteiger partial charge in [-0.15, -0.1) is 0 Å². The number of nitrogens with zero attached hydrogens (tertiary/aromatic N) is 3. The highest BCUT2D eigenvalue weighted by atomic mass is 32.2. The number of aryl methyl sites for hydroxylation is 2. The number of primary amides is 1. The number of anilines is 1. The molecule has 31 nitrogen and oxygen atoms in total. The summed E-state index contributed by atoms with van der Waals surface area (Å²) in [7, 11) is -2.30. The molecule has 1 heterocycles. The molecule has 0 radical (unpaired) electrons. The van der Waals surface area contributed by atoms with Crippen molar-refractivity contribution < 1.29 is 93.6 Å². The highest BCUT2D eigenvalue weighted by Gasteiger charge is 2.45. The molecular weight excluding hydrogens is 1640 g/mol. The van der Waals surface area contributed by atoms with Crippen molar-refractivity contribution in [2.45, 2.75) is 244 Å². The third-order valence-electron chi connectivity index (χ3n) is 22.8. The number of likely N-dealkylation sites (tertiary alicyclic amines) is 1. The van der Waals surface area contributed by atoms with Crippen LogP contribution in [0.15, 0.2) is 137 Å². The Morgan fingerprint density at radius 3 is 1.72 bits per heavy atom. The summed E-state index contributed by atoms with van der Waals surface area (Å²) >= 11 is 0. The number of benzene rings is 5. The lowest BCUT2D eigenvalue weighted by molar-refractivity contribution is -0.148. The third kappa shape index (κ3) is 30.3. The van der Waals surface area contributed by atoms with Crippen LogP contribution >= 0.6 is 0 Å². The summed E-state index contributed by atoms with van der Waals surface area (Å²) in [4.78, 5) is 158. The van der Waals surface area contributed by atoms with E-state index in [-0.39, 0.29) is 89.8 Å². The first-order valence-corrected chi connectivity index (χ1v) is 45.9. The maximum atomic E-state index is 14.9. The number of carbonyl (C=O) groups is 11. The van der Waals surface area contributed by atoms with Crippen molar-refractivity contribution in [3.05, 3.63) is 161 Å². The molecule has 1 fully saturated rings. The average Bonchev–Trinajstić information content (AvgIpc) is 1.18. The summed E-state index contributed by atoms with van der Waals surface area (Å²) in [6, 6.07) is 25.6. The summed E-state index contributed by atoms with van der Waals surface area (Å²) in [6.45, 7) is 28.2. The first-order chi connectivity index (χ1) is 58.6. The molecule has 0 unspecified atom stereocenters. The molecular formula is C92H133N11O20S2. The summed E-state index contributed by atoms with van der Waals surface area (Å²) in [5.74, 6) is -10.4. The second-order valence-corrected chi connectivity index (χ2v) is 39.3. The summed E-state index contributed by atoms with van der Waals surface area (Å²) in [6.07, 6.45) is -1.65. The number of nitrogens with one attached hydrogen (secondary N) is 7. The second kappa shape index (κ2) is 46.9. The number of Topliss-reactive ketones (excluding diaryl/α,β-unsaturated/α-hetero) is 1. The molecule has 0 aromatic heterocycles. The fourth-order valence-electron chi connectivity index (χ4n) is 15.3. The Bertz CT molecular complexity index is 4630. The number of amides is 11. The number of likely N-dealkylation sites (N-methyl/N-ethyl adjacent to an activating group) is 2. The number of ketones is 1. The Morgan fingerprint density at radius 2 is 1.20 bits per heavy atom. The van der Waals surface area contributed by atoms with Gasteiger partial charge in [0.15, 0.2) is 25.5 Å². The predicted octanol–water partition coefficient (Wildman–Crippen LogP) is 9.35. The monoisotopic (exact) mass is 1780 g/mol. The van der Waals surface area contributed by atoms with Crippen LogP contribution in [0.4, 0.5) is 15.3 Å². The fourth-order valence-corrected chi connectivity index (χ4v) is 18.6. The number of aliphatic hydroxyl groups excluding tert-OH is 1. The van der Waals surface area contributed by atoms with Crippen molar-refractivity contribution >= 4 is 90.5 Å². The SMILES string of the molecule is CC[C@H](C)[C@@H]([C@@H](CC(=O)N1CCC[C@H]1[C@H](OC)[C@@H](C)C(=O)N[C@H](C)[C@@H](O)c1ccccc1)OC)N(C)C(=O)[C@@H](NC(=O)[C@H](C(C)C)N(C)C(=O)OCc1ccc(NC(=O)[C@H](CCCNC(N)=O)NC(=O)[C@@H](NC(=O)CC(C)(C)OCC(C)(C)NC(=O)c2ccc(C(=O)C(CS(=O)(=O)c3ccc(C)cc3)CS(=O)(=O)c3ccc(C)cc3)cc2)C(C)C)cc1)C(C)C. The van der Waals surface area contributed by atoms with E-state index >= 15 is 0 Å². The number of methoxy groups -OCH3 is 2. The summed E-state index contributed by atoms with van der Waals surface area (Å²) in [5.41, 5.74) is 6.18. The second-order valence-electron chi connectivity index (χ2n) is 35.2. The van der Waals surface area contributed by atoms with Gasteiger partial charge >= 0.3 is 12.1 Å². The molecule has 688 valence electrons. The molecule has 10 N–H and O–H groups in total. The molecule has 1 aliphatic rings. The van der Waals surface area contributed by atoms with E-state index in [1.165, 1.54) is 74.7 Å². The van der Waals surface area contributed by atoms with Crippen molar-refractivity contribution in [1.29, 1.82) is 0 Å². The molecule has 0 bridgehead atoms. The van der Waals surface area contributed by atoms with Crippen LogP contribution in [-0.2, 0) is 78.8 Å². The van der Waals surface area contributed by atoms with E-state index in [1.807, 2.05) is 32.0 Å². The maximum Gasteiger partial charge on any atom is 0.410 e. The highest BCUT2D eigenvalue weighted by Crippen LogP contribution is 2.32. The Kier molecular flexibility index (Phi) is 38.8. The minimum atomic E-state index is -4.17. The number of hydrogen-bond acceptors (Lipinski definition) is 20. The van der Waals surface area contributed by atoms with Gasteiger partial charge in [0.2, 0.25) is 41.4 Å². The van der Waals surface area contributed by atoms with Gasteiger partial charge in [0.1, 0.15) is 30.8 Å². The van der Waals surface area contributed by atoms with E-state index in [9.17, 15) is 74.7 Å². The molecule has 1 saturated heterocycles. The van der Waals surface area contributed by atoms with Gasteiger partial charge in [-0.25, -0.2) is 26.4 Å². The number of ether oxygens (including phenoxy) is 4. The number of hydrogen-bond donors (Lipinski definition) is 9. The zero-order valence-electron chi connectivity index (χ0n) is 76.0. The van der Waals surface area contributed by atoms with Crippen molar-refractivity contribution in [2.24, 2.45) is 41.2 Å². The molecule has 33 heteroatoms. The van der Waals surface area contributed by atoms with Gasteiger partial charge in [-0.2, -0.15) is 0 Å². The van der Waals surface area contributed by atoms with Crippen molar-refractivity contribution in [3.8, 4) is 0 Å². The molecule has 0 aliphatic carbocycles. The van der Waals surface area contributed by atoms with E-state index in [1.54, 1.807) is 170 Å². The standard InChI is InChI=1S/C92H133N11O20S2/c1-21-60(10)79(73(120-19)49-75(105)103-48-26-30-72(103)82(121-20)61(11)83(108)95-62(12)80(106)64-27-23-22-24-28-64)101(17)88(113)77(56(4)5)99-87(112)78(57(6)7)102(18)90(115)122-51-63-35-41-68(42-36-63)96-85(110)71(29-25-47-94-89(93)114)97-86(111)76(55(2)3)98-74(104)50-92(15,16)123-54-91(13,14)100-84(109)66-39-37-65(38-40-66)81(107)67(52-124(116,117)69-43-31-58(8)32-44-69)53-125(118,119)70-45-33-59(9)34-46-70/h22-24,27-28,31-46,55-57,60-62,67,71-73,76-80,82,106H,21,25-26,29-30,47-54H2,1-20H3,(H,95,108)(H,96,110)(H,97,111)(H,98,104)(H,99,112)(H,100,109)(H3,93,94,114)/t60-,61+,62+,71-,72-,73+,76-,77-,78-,79-,80+,82+/m0/s1. The zero-order chi connectivity index (χ0) is 93.3. The highest BCUT2D eigenvalue weighted by molar-refractivity contribution is 7.92. The van der Waals surface area contributed by atoms with E-state index < -0.39 is 186 Å². The molecule has 6 rings (SSSR count). The summed E-state index contributed by atoms with van der Waals surface area (Å²) < 4.78 is 79.0. The summed E-state index contributed by atoms with van der Waals surface area (Å²) in [5, 5.41) is 30.6. The van der Waals surface area contributed by atoms with E-state index in [2.05, 4.69) is 37.2 Å². The van der Waals surface area contributed by atoms with Gasteiger partial charge in [-0.1, -0.05) is 159 Å². The molecule has 125 heavy (non-hydrogen) atoms. The lowest BCUT2D eigenvalue weighted by atomic mass is 9.89. The lowest BCUT2D eigenvalue weighted by Crippen LogP contribution is -2.60. The quantitative estimate of drug-likeness (QED) is 0.0129. The minimum Gasteiger partial charge on any atom is -0.445 e. The zero-order valence-corrected chi connectivity index (χ0v) is 77.6. The first-order valence-electron chi connectivity index (χ1n) is 42.6. The lowest BCUT2D eigenvalue weighted by Gasteiger charge is -2.41. The number of aliphatic hydroxyl groups is 1. The van der Waals surface area contributed by atoms with Crippen molar-refractivity contribution in [1.82, 2.24) is 46.6 Å². The van der Waals surface area contributed by atoms with Crippen LogP contribution in [0.25, 0.3) is 0 Å². The van der Waals surface area contributed by atoms with Gasteiger partial charge in [0.05, 0.1) is 100 Å². The molecule has 12 atom stereocenters. The average molecular weight is 1780 g/mol. The van der Waals surface area contributed by atoms with Crippen molar-refractivity contribution in [3.63, 3.8) is 0 Å². The van der Waals surface area contributed by atoms with Gasteiger partial charge in [-0.05, 0) is 157 Å². The molecule has 5 aromatic carbocycles. The number of urea groups is 1. The normalized spacial score (nSPS) is 15.9. The number of sulfone groups is 2. The van der Waals surface area contributed by atoms with E-state index in [4.69, 9.17) is 24.7 Å². The Balaban J connectivity index is 1.03. The largest absolute Gasteiger partial charge is 0.445 e. The van der Waals surface area contributed by atoms with Crippen LogP contribution in [0.1, 0.15) is 191 Å². The van der Waals surface area contributed by atoms with Crippen LogP contribution in [-0.4, -0.2) is 227 Å². The molecule has 5 aromatic rings. The third-order valence-corrected chi connectivity index (χ3v) is 26.5. The fraction of sp³-hybridized carbons (Fsp3) is 0.554. The van der Waals surface area contributed by atoms with Crippen LogP contribution in [0.5, 0.6) is 0 Å². The van der Waals surface area contributed by atoms with Crippen LogP contribution in [0.3, 0.4) is 0 Å². The van der Waals surface area contributed by atoms with Gasteiger partial charge < -0.3 is 76.8 Å². The van der Waals surface area contributed by atoms with E-state index in [0.29, 0.717) is 36.9 Å². The van der Waals surface area contributed by atoms with Gasteiger partial charge in [-0.3, -0.25) is 48.1 Å². The number of nitrogens with two attached hydrogens (primary N) is 1. The van der Waals surface area contributed by atoms with Gasteiger partial charge in [0, 0.05) is 58.2 Å². The van der Waals surface area contributed by atoms with E-state index in [0.717, 1.165) is 16.0 Å². The van der Waals surface area contributed by atoms with Crippen LogP contribution in [0, 0.1) is 49.4 Å².